The van der Waals surface area contributed by atoms with Gasteiger partial charge in [0.05, 0.1) is 13.2 Å². The predicted octanol–water partition coefficient (Wildman–Crippen LogP) is 1.56. The van der Waals surface area contributed by atoms with Crippen LogP contribution in [0.3, 0.4) is 0 Å². The molecular formula is C10H19N3O2S. The molecule has 0 spiro atoms. The molecule has 92 valence electrons. The third-order valence-corrected chi connectivity index (χ3v) is 2.49. The molecule has 0 bridgehead atoms. The lowest BCUT2D eigenvalue weighted by Gasteiger charge is -2.06. The van der Waals surface area contributed by atoms with E-state index in [2.05, 4.69) is 17.1 Å². The highest BCUT2D eigenvalue weighted by atomic mass is 32.1. The van der Waals surface area contributed by atoms with Gasteiger partial charge in [0.25, 0.3) is 0 Å². The number of nitrogens with one attached hydrogen (secondary N) is 1. The first-order valence-electron chi connectivity index (χ1n) is 5.50. The first kappa shape index (κ1) is 13.3. The van der Waals surface area contributed by atoms with Gasteiger partial charge in [0.15, 0.2) is 4.77 Å². The molecule has 1 heterocycles. The highest BCUT2D eigenvalue weighted by Gasteiger charge is 2.05. The van der Waals surface area contributed by atoms with Crippen LogP contribution < -0.4 is 0 Å². The molecule has 1 aromatic rings. The highest BCUT2D eigenvalue weighted by molar-refractivity contribution is 7.71. The minimum Gasteiger partial charge on any atom is -0.383 e. The highest BCUT2D eigenvalue weighted by Crippen LogP contribution is 2.00. The summed E-state index contributed by atoms with van der Waals surface area (Å²) < 4.78 is 13.0. The van der Waals surface area contributed by atoms with E-state index in [1.165, 1.54) is 0 Å². The number of H-pyrrole nitrogens is 1. The Morgan fingerprint density at radius 3 is 2.88 bits per heavy atom. The number of rotatable bonds is 8. The molecule has 0 fully saturated rings. The van der Waals surface area contributed by atoms with Crippen LogP contribution in [0.5, 0.6) is 0 Å². The van der Waals surface area contributed by atoms with Gasteiger partial charge in [-0.2, -0.15) is 5.10 Å². The van der Waals surface area contributed by atoms with Crippen LogP contribution in [0.25, 0.3) is 0 Å². The summed E-state index contributed by atoms with van der Waals surface area (Å²) in [5.74, 6) is 0.929. The minimum atomic E-state index is 0.636. The summed E-state index contributed by atoms with van der Waals surface area (Å²) in [5, 5.41) is 6.97. The lowest BCUT2D eigenvalue weighted by molar-refractivity contribution is 0.135. The molecule has 0 aromatic carbocycles. The molecule has 0 amide bonds. The molecule has 1 N–H and O–H groups in total. The number of aromatic nitrogens is 3. The average molecular weight is 245 g/mol. The Bertz CT molecular complexity index is 348. The Morgan fingerprint density at radius 2 is 2.19 bits per heavy atom. The maximum atomic E-state index is 5.42. The summed E-state index contributed by atoms with van der Waals surface area (Å²) in [6.45, 7) is 4.93. The number of hydrogen-bond donors (Lipinski definition) is 1. The van der Waals surface area contributed by atoms with Gasteiger partial charge in [0.1, 0.15) is 5.82 Å². The maximum absolute atomic E-state index is 5.42. The van der Waals surface area contributed by atoms with Crippen molar-refractivity contribution in [3.63, 3.8) is 0 Å². The van der Waals surface area contributed by atoms with Crippen molar-refractivity contribution in [2.75, 3.05) is 26.9 Å². The van der Waals surface area contributed by atoms with Crippen molar-refractivity contribution in [1.82, 2.24) is 14.8 Å². The Kier molecular flexibility index (Phi) is 6.29. The molecule has 0 radical (unpaired) electrons. The fourth-order valence-corrected chi connectivity index (χ4v) is 1.61. The summed E-state index contributed by atoms with van der Waals surface area (Å²) in [6, 6.07) is 0. The largest absolute Gasteiger partial charge is 0.383 e. The predicted molar refractivity (Wildman–Crippen MR) is 64.1 cm³/mol. The standard InChI is InChI=1S/C10H19N3O2S/c1-3-6-15-7-4-9-11-12-10(16)13(9)5-8-14-2/h3-8H2,1-2H3,(H,12,16). The van der Waals surface area contributed by atoms with Crippen molar-refractivity contribution < 1.29 is 9.47 Å². The van der Waals surface area contributed by atoms with Gasteiger partial charge < -0.3 is 14.0 Å². The van der Waals surface area contributed by atoms with Gasteiger partial charge in [0, 0.05) is 26.7 Å². The molecule has 1 aromatic heterocycles. The summed E-state index contributed by atoms with van der Waals surface area (Å²) in [4.78, 5) is 0. The fraction of sp³-hybridized carbons (Fsp3) is 0.800. The molecule has 0 aliphatic rings. The summed E-state index contributed by atoms with van der Waals surface area (Å²) in [7, 11) is 1.67. The minimum absolute atomic E-state index is 0.636. The number of hydrogen-bond acceptors (Lipinski definition) is 4. The van der Waals surface area contributed by atoms with E-state index in [4.69, 9.17) is 21.7 Å². The zero-order chi connectivity index (χ0) is 11.8. The van der Waals surface area contributed by atoms with Crippen LogP contribution in [0, 0.1) is 4.77 Å². The van der Waals surface area contributed by atoms with Crippen LogP contribution >= 0.6 is 12.2 Å². The van der Waals surface area contributed by atoms with E-state index in [0.717, 1.165) is 31.8 Å². The molecule has 0 saturated carbocycles. The zero-order valence-electron chi connectivity index (χ0n) is 9.86. The van der Waals surface area contributed by atoms with Gasteiger partial charge in [0.2, 0.25) is 0 Å². The maximum Gasteiger partial charge on any atom is 0.195 e. The van der Waals surface area contributed by atoms with Crippen molar-refractivity contribution in [3.05, 3.63) is 10.6 Å². The molecule has 0 saturated heterocycles. The molecule has 0 atom stereocenters. The van der Waals surface area contributed by atoms with Crippen LogP contribution in [0.1, 0.15) is 19.2 Å². The number of nitrogens with zero attached hydrogens (tertiary/aromatic N) is 2. The Morgan fingerprint density at radius 1 is 1.38 bits per heavy atom. The van der Waals surface area contributed by atoms with Crippen molar-refractivity contribution in [1.29, 1.82) is 0 Å². The van der Waals surface area contributed by atoms with Crippen molar-refractivity contribution in [3.8, 4) is 0 Å². The molecule has 6 heteroatoms. The number of ether oxygens (including phenoxy) is 2. The van der Waals surface area contributed by atoms with E-state index >= 15 is 0 Å². The van der Waals surface area contributed by atoms with Gasteiger partial charge in [-0.25, -0.2) is 0 Å². The molecular weight excluding hydrogens is 226 g/mol. The van der Waals surface area contributed by atoms with Crippen LogP contribution in [0.15, 0.2) is 0 Å². The molecule has 0 unspecified atom stereocenters. The first-order valence-corrected chi connectivity index (χ1v) is 5.91. The topological polar surface area (TPSA) is 52.1 Å². The molecule has 0 aliphatic heterocycles. The van der Waals surface area contributed by atoms with Gasteiger partial charge in [-0.1, -0.05) is 6.92 Å². The third-order valence-electron chi connectivity index (χ3n) is 2.17. The number of methoxy groups -OCH3 is 1. The molecule has 1 rings (SSSR count). The van der Waals surface area contributed by atoms with Gasteiger partial charge in [-0.15, -0.1) is 0 Å². The van der Waals surface area contributed by atoms with E-state index in [-0.39, 0.29) is 0 Å². The smallest absolute Gasteiger partial charge is 0.195 e. The van der Waals surface area contributed by atoms with Crippen LogP contribution in [-0.2, 0) is 22.4 Å². The van der Waals surface area contributed by atoms with E-state index in [0.29, 0.717) is 18.0 Å². The molecule has 0 aliphatic carbocycles. The normalized spacial score (nSPS) is 10.9. The monoisotopic (exact) mass is 245 g/mol. The lowest BCUT2D eigenvalue weighted by atomic mass is 10.4. The second-order valence-corrected chi connectivity index (χ2v) is 3.84. The van der Waals surface area contributed by atoms with E-state index < -0.39 is 0 Å². The first-order chi connectivity index (χ1) is 7.79. The SMILES string of the molecule is CCCOCCc1n[nH]c(=S)n1CCOC. The summed E-state index contributed by atoms with van der Waals surface area (Å²) >= 11 is 5.14. The van der Waals surface area contributed by atoms with E-state index in [9.17, 15) is 0 Å². The second kappa shape index (κ2) is 7.54. The van der Waals surface area contributed by atoms with Crippen LogP contribution in [0.4, 0.5) is 0 Å². The third kappa shape index (κ3) is 4.03. The second-order valence-electron chi connectivity index (χ2n) is 3.45. The zero-order valence-corrected chi connectivity index (χ0v) is 10.7. The fourth-order valence-electron chi connectivity index (χ4n) is 1.36. The lowest BCUT2D eigenvalue weighted by Crippen LogP contribution is -2.11. The van der Waals surface area contributed by atoms with Crippen LogP contribution in [0.2, 0.25) is 0 Å². The van der Waals surface area contributed by atoms with E-state index in [1.807, 2.05) is 4.57 Å². The molecule has 5 nitrogen and oxygen atoms in total. The van der Waals surface area contributed by atoms with Gasteiger partial charge in [-0.05, 0) is 18.6 Å². The summed E-state index contributed by atoms with van der Waals surface area (Å²) in [5.41, 5.74) is 0. The molecule has 16 heavy (non-hydrogen) atoms. The van der Waals surface area contributed by atoms with Crippen molar-refractivity contribution in [2.24, 2.45) is 0 Å². The van der Waals surface area contributed by atoms with Gasteiger partial charge >= 0.3 is 0 Å². The van der Waals surface area contributed by atoms with Gasteiger partial charge in [-0.3, -0.25) is 5.10 Å². The van der Waals surface area contributed by atoms with E-state index in [1.54, 1.807) is 7.11 Å². The Hall–Kier alpha value is -0.720. The summed E-state index contributed by atoms with van der Waals surface area (Å²) in [6.07, 6.45) is 1.81. The van der Waals surface area contributed by atoms with Crippen LogP contribution in [-0.4, -0.2) is 41.7 Å². The van der Waals surface area contributed by atoms with Crippen molar-refractivity contribution >= 4 is 12.2 Å². The van der Waals surface area contributed by atoms with Crippen molar-refractivity contribution in [2.45, 2.75) is 26.3 Å². The number of aromatic amines is 1. The Labute approximate surface area is 101 Å². The quantitative estimate of drug-likeness (QED) is 0.558. The average Bonchev–Trinajstić information content (AvgIpc) is 2.63. The Balaban J connectivity index is 2.48.